The fraction of sp³-hybridized carbons (Fsp3) is 0.0952. The summed E-state index contributed by atoms with van der Waals surface area (Å²) < 4.78 is 43.6. The Labute approximate surface area is 171 Å². The Morgan fingerprint density at radius 1 is 1.21 bits per heavy atom. The molecule has 2 aromatic rings. The van der Waals surface area contributed by atoms with Crippen molar-refractivity contribution in [2.45, 2.75) is 18.2 Å². The molecule has 0 aromatic heterocycles. The van der Waals surface area contributed by atoms with E-state index in [4.69, 9.17) is 11.1 Å². The topological polar surface area (TPSA) is 71.1 Å². The largest absolute Gasteiger partial charge is 0.573 e. The van der Waals surface area contributed by atoms with Gasteiger partial charge in [0.2, 0.25) is 0 Å². The molecule has 0 spiro atoms. The number of nitrogens with one attached hydrogen (secondary N) is 2. The summed E-state index contributed by atoms with van der Waals surface area (Å²) in [6.45, 7) is 5.45. The van der Waals surface area contributed by atoms with Crippen molar-refractivity contribution < 1.29 is 17.9 Å². The van der Waals surface area contributed by atoms with Gasteiger partial charge in [0.1, 0.15) is 5.75 Å². The lowest BCUT2D eigenvalue weighted by molar-refractivity contribution is -0.274. The molecular weight excluding hydrogens is 399 g/mol. The maximum absolute atomic E-state index is 12.2. The molecule has 0 saturated heterocycles. The molecule has 0 heterocycles. The molecule has 0 bridgehead atoms. The molecule has 152 valence electrons. The lowest BCUT2D eigenvalue weighted by Crippen LogP contribution is -2.16. The summed E-state index contributed by atoms with van der Waals surface area (Å²) >= 11 is 1.21. The van der Waals surface area contributed by atoms with Gasteiger partial charge in [-0.05, 0) is 66.9 Å². The second kappa shape index (κ2) is 9.88. The highest BCUT2D eigenvalue weighted by molar-refractivity contribution is 8.00. The summed E-state index contributed by atoms with van der Waals surface area (Å²) in [6.07, 6.45) is 2.23. The maximum Gasteiger partial charge on any atom is 0.573 e. The van der Waals surface area contributed by atoms with Crippen LogP contribution in [0.15, 0.2) is 83.8 Å². The molecule has 0 aliphatic rings. The van der Waals surface area contributed by atoms with Gasteiger partial charge in [-0.2, -0.15) is 0 Å². The van der Waals surface area contributed by atoms with Crippen LogP contribution in [0, 0.1) is 5.41 Å². The highest BCUT2D eigenvalue weighted by atomic mass is 32.2. The summed E-state index contributed by atoms with van der Waals surface area (Å²) in [5.74, 6) is -0.281. The van der Waals surface area contributed by atoms with Gasteiger partial charge in [0.15, 0.2) is 0 Å². The monoisotopic (exact) mass is 419 g/mol. The van der Waals surface area contributed by atoms with E-state index in [1.54, 1.807) is 42.5 Å². The van der Waals surface area contributed by atoms with E-state index in [9.17, 15) is 13.2 Å². The number of hydrogen-bond donors (Lipinski definition) is 3. The number of rotatable bonds is 8. The third-order valence-corrected chi connectivity index (χ3v) is 4.52. The van der Waals surface area contributed by atoms with Crippen LogP contribution in [-0.2, 0) is 0 Å². The van der Waals surface area contributed by atoms with E-state index >= 15 is 0 Å². The van der Waals surface area contributed by atoms with E-state index in [2.05, 4.69) is 16.0 Å². The summed E-state index contributed by atoms with van der Waals surface area (Å²) in [6, 6.07) is 10.7. The van der Waals surface area contributed by atoms with Crippen LogP contribution < -0.4 is 15.2 Å². The van der Waals surface area contributed by atoms with Crippen LogP contribution in [0.3, 0.4) is 0 Å². The lowest BCUT2D eigenvalue weighted by Gasteiger charge is -2.12. The van der Waals surface area contributed by atoms with Crippen molar-refractivity contribution >= 4 is 29.0 Å². The van der Waals surface area contributed by atoms with Crippen LogP contribution in [0.4, 0.5) is 24.5 Å². The molecule has 4 nitrogen and oxygen atoms in total. The summed E-state index contributed by atoms with van der Waals surface area (Å²) in [5.41, 5.74) is 8.72. The predicted molar refractivity (Wildman–Crippen MR) is 113 cm³/mol. The molecule has 0 aliphatic carbocycles. The molecule has 0 unspecified atom stereocenters. The number of halogens is 3. The highest BCUT2D eigenvalue weighted by Crippen LogP contribution is 2.28. The van der Waals surface area contributed by atoms with Gasteiger partial charge in [-0.1, -0.05) is 30.9 Å². The van der Waals surface area contributed by atoms with Crippen molar-refractivity contribution in [1.29, 1.82) is 5.41 Å². The van der Waals surface area contributed by atoms with E-state index in [0.717, 1.165) is 0 Å². The first-order valence-electron chi connectivity index (χ1n) is 8.46. The number of ether oxygens (including phenoxy) is 1. The molecule has 0 fully saturated rings. The first-order valence-corrected chi connectivity index (χ1v) is 9.28. The SMILES string of the molecule is C=C/C=C\C(=C/C)C(=N)c1cc(NSc2ccc(OC(F)(F)F)cc2)ccc1N. The molecule has 0 amide bonds. The van der Waals surface area contributed by atoms with Crippen LogP contribution >= 0.6 is 11.9 Å². The molecule has 8 heteroatoms. The number of alkyl halides is 3. The van der Waals surface area contributed by atoms with E-state index in [1.807, 2.05) is 6.92 Å². The van der Waals surface area contributed by atoms with Crippen molar-refractivity contribution in [3.63, 3.8) is 0 Å². The third-order valence-electron chi connectivity index (χ3n) is 3.68. The van der Waals surface area contributed by atoms with Crippen molar-refractivity contribution in [3.05, 3.63) is 84.5 Å². The average Bonchev–Trinajstić information content (AvgIpc) is 2.67. The van der Waals surface area contributed by atoms with E-state index in [1.165, 1.54) is 36.2 Å². The Hall–Kier alpha value is -3.13. The Morgan fingerprint density at radius 2 is 1.90 bits per heavy atom. The number of nitrogens with two attached hydrogens (primary N) is 1. The first-order chi connectivity index (χ1) is 13.7. The second-order valence-corrected chi connectivity index (χ2v) is 6.62. The van der Waals surface area contributed by atoms with Crippen molar-refractivity contribution in [2.75, 3.05) is 10.5 Å². The zero-order chi connectivity index (χ0) is 21.4. The maximum atomic E-state index is 12.2. The smallest absolute Gasteiger partial charge is 0.406 e. The number of hydrogen-bond acceptors (Lipinski definition) is 5. The molecule has 2 aromatic carbocycles. The number of benzene rings is 2. The van der Waals surface area contributed by atoms with Crippen LogP contribution in [0.2, 0.25) is 0 Å². The van der Waals surface area contributed by atoms with Gasteiger partial charge in [0.25, 0.3) is 0 Å². The molecular formula is C21H20F3N3OS. The van der Waals surface area contributed by atoms with Crippen molar-refractivity contribution in [3.8, 4) is 5.75 Å². The Kier molecular flexibility index (Phi) is 7.55. The van der Waals surface area contributed by atoms with Gasteiger partial charge >= 0.3 is 6.36 Å². The fourth-order valence-electron chi connectivity index (χ4n) is 2.31. The van der Waals surface area contributed by atoms with Gasteiger partial charge in [-0.3, -0.25) is 5.41 Å². The predicted octanol–water partition coefficient (Wildman–Crippen LogP) is 6.34. The molecule has 0 aliphatic heterocycles. The first kappa shape index (κ1) is 22.2. The van der Waals surface area contributed by atoms with Crippen LogP contribution in [0.5, 0.6) is 5.75 Å². The molecule has 0 atom stereocenters. The quantitative estimate of drug-likeness (QED) is 0.202. The van der Waals surface area contributed by atoms with Crippen molar-refractivity contribution in [1.82, 2.24) is 0 Å². The fourth-order valence-corrected chi connectivity index (χ4v) is 2.95. The lowest BCUT2D eigenvalue weighted by atomic mass is 9.99. The minimum absolute atomic E-state index is 0.269. The Bertz CT molecular complexity index is 935. The minimum Gasteiger partial charge on any atom is -0.406 e. The molecule has 0 radical (unpaired) electrons. The van der Waals surface area contributed by atoms with Crippen LogP contribution in [-0.4, -0.2) is 12.1 Å². The second-order valence-electron chi connectivity index (χ2n) is 5.74. The molecule has 4 N–H and O–H groups in total. The third kappa shape index (κ3) is 6.76. The zero-order valence-electron chi connectivity index (χ0n) is 15.6. The van der Waals surface area contributed by atoms with Gasteiger partial charge in [-0.15, -0.1) is 13.2 Å². The summed E-state index contributed by atoms with van der Waals surface area (Å²) in [4.78, 5) is 0.691. The van der Waals surface area contributed by atoms with Crippen LogP contribution in [0.25, 0.3) is 0 Å². The summed E-state index contributed by atoms with van der Waals surface area (Å²) in [7, 11) is 0. The van der Waals surface area contributed by atoms with Crippen molar-refractivity contribution in [2.24, 2.45) is 0 Å². The Balaban J connectivity index is 2.11. The Morgan fingerprint density at radius 3 is 2.48 bits per heavy atom. The number of nitrogen functional groups attached to an aromatic ring is 1. The van der Waals surface area contributed by atoms with Crippen LogP contribution in [0.1, 0.15) is 12.5 Å². The standard InChI is InChI=1S/C21H20F3N3OS/c1-3-5-6-14(4-2)20(26)18-13-15(7-12-19(18)25)27-29-17-10-8-16(9-11-17)28-21(22,23)24/h3-13,26-27H,1,25H2,2H3/b6-5-,14-4+,26-20?. The van der Waals surface area contributed by atoms with Gasteiger partial charge in [0.05, 0.1) is 5.71 Å². The highest BCUT2D eigenvalue weighted by Gasteiger charge is 2.30. The van der Waals surface area contributed by atoms with E-state index in [-0.39, 0.29) is 11.5 Å². The summed E-state index contributed by atoms with van der Waals surface area (Å²) in [5, 5.41) is 8.42. The zero-order valence-corrected chi connectivity index (χ0v) is 16.4. The average molecular weight is 419 g/mol. The minimum atomic E-state index is -4.72. The van der Waals surface area contributed by atoms with E-state index < -0.39 is 6.36 Å². The van der Waals surface area contributed by atoms with Gasteiger partial charge < -0.3 is 15.2 Å². The van der Waals surface area contributed by atoms with E-state index in [0.29, 0.717) is 27.4 Å². The molecule has 2 rings (SSSR count). The number of anilines is 2. The molecule has 0 saturated carbocycles. The molecule has 29 heavy (non-hydrogen) atoms. The normalized spacial score (nSPS) is 12.1. The van der Waals surface area contributed by atoms with Gasteiger partial charge in [-0.25, -0.2) is 0 Å². The number of allylic oxidation sites excluding steroid dienone is 5. The van der Waals surface area contributed by atoms with Gasteiger partial charge in [0, 0.05) is 21.8 Å².